The van der Waals surface area contributed by atoms with Crippen LogP contribution in [0.3, 0.4) is 0 Å². The third-order valence-electron chi connectivity index (χ3n) is 4.59. The molecule has 0 aliphatic carbocycles. The maximum Gasteiger partial charge on any atom is 0.371 e. The quantitative estimate of drug-likeness (QED) is 0.379. The number of ether oxygens (including phenoxy) is 2. The fraction of sp³-hybridized carbons (Fsp3) is 0.160. The van der Waals surface area contributed by atoms with Crippen molar-refractivity contribution in [1.82, 2.24) is 0 Å². The van der Waals surface area contributed by atoms with E-state index in [1.807, 2.05) is 38.1 Å². The molecule has 1 aromatic heterocycles. The van der Waals surface area contributed by atoms with Crippen molar-refractivity contribution in [2.75, 3.05) is 12.4 Å². The molecule has 168 valence electrons. The second-order valence-corrected chi connectivity index (χ2v) is 7.27. The molecule has 0 unspecified atom stereocenters. The Kier molecular flexibility index (Phi) is 7.16. The summed E-state index contributed by atoms with van der Waals surface area (Å²) in [5, 5.41) is 21.2. The van der Waals surface area contributed by atoms with E-state index in [4.69, 9.17) is 19.0 Å². The molecule has 1 heterocycles. The number of carboxylic acids is 1. The molecule has 0 atom stereocenters. The molecule has 0 radical (unpaired) electrons. The standard InChI is InChI=1S/C25H22N2O6/c1-15-8-16(2)10-19(9-15)27-24(28)18(13-26)11-17-4-6-21(23(12-17)31-3)32-14-20-5-7-22(33-20)25(29)30/h4-12H,14H2,1-3H3,(H,27,28)(H,29,30)/b18-11-. The van der Waals surface area contributed by atoms with E-state index in [-0.39, 0.29) is 17.9 Å². The van der Waals surface area contributed by atoms with E-state index in [0.29, 0.717) is 28.5 Å². The van der Waals surface area contributed by atoms with Crippen molar-refractivity contribution in [2.24, 2.45) is 0 Å². The largest absolute Gasteiger partial charge is 0.493 e. The highest BCUT2D eigenvalue weighted by molar-refractivity contribution is 6.09. The molecule has 0 aliphatic heterocycles. The molecule has 8 heteroatoms. The fourth-order valence-corrected chi connectivity index (χ4v) is 3.17. The highest BCUT2D eigenvalue weighted by Gasteiger charge is 2.13. The number of nitrogens with zero attached hydrogens (tertiary/aromatic N) is 1. The van der Waals surface area contributed by atoms with Crippen LogP contribution in [0.15, 0.2) is 58.5 Å². The van der Waals surface area contributed by atoms with Gasteiger partial charge in [0.05, 0.1) is 7.11 Å². The topological polar surface area (TPSA) is 122 Å². The Hall–Kier alpha value is -4.51. The molecule has 2 N–H and O–H groups in total. The average molecular weight is 446 g/mol. The van der Waals surface area contributed by atoms with E-state index >= 15 is 0 Å². The van der Waals surface area contributed by atoms with Crippen LogP contribution in [0.2, 0.25) is 0 Å². The minimum atomic E-state index is -1.16. The van der Waals surface area contributed by atoms with Crippen LogP contribution in [0.5, 0.6) is 11.5 Å². The molecule has 0 saturated carbocycles. The summed E-state index contributed by atoms with van der Waals surface area (Å²) in [5.74, 6) is -0.752. The zero-order chi connectivity index (χ0) is 24.0. The lowest BCUT2D eigenvalue weighted by molar-refractivity contribution is -0.112. The lowest BCUT2D eigenvalue weighted by Gasteiger charge is -2.11. The van der Waals surface area contributed by atoms with Gasteiger partial charge < -0.3 is 24.3 Å². The van der Waals surface area contributed by atoms with Gasteiger partial charge in [0.2, 0.25) is 5.76 Å². The molecule has 0 aliphatic rings. The molecular formula is C25H22N2O6. The van der Waals surface area contributed by atoms with Crippen LogP contribution in [0, 0.1) is 25.2 Å². The first-order valence-corrected chi connectivity index (χ1v) is 9.93. The SMILES string of the molecule is COc1cc(/C=C(/C#N)C(=O)Nc2cc(C)cc(C)c2)ccc1OCc1ccc(C(=O)O)o1. The van der Waals surface area contributed by atoms with E-state index in [2.05, 4.69) is 5.32 Å². The number of aryl methyl sites for hydroxylation is 2. The number of anilines is 1. The number of rotatable bonds is 8. The number of carbonyl (C=O) groups is 2. The maximum absolute atomic E-state index is 12.6. The molecule has 8 nitrogen and oxygen atoms in total. The minimum absolute atomic E-state index is 0.000582. The van der Waals surface area contributed by atoms with Crippen LogP contribution in [-0.4, -0.2) is 24.1 Å². The van der Waals surface area contributed by atoms with Crippen molar-refractivity contribution in [2.45, 2.75) is 20.5 Å². The summed E-state index contributed by atoms with van der Waals surface area (Å²) >= 11 is 0. The van der Waals surface area contributed by atoms with E-state index < -0.39 is 11.9 Å². The number of furan rings is 1. The first-order valence-electron chi connectivity index (χ1n) is 9.93. The van der Waals surface area contributed by atoms with Crippen molar-refractivity contribution in [3.63, 3.8) is 0 Å². The maximum atomic E-state index is 12.6. The van der Waals surface area contributed by atoms with Gasteiger partial charge in [-0.25, -0.2) is 4.79 Å². The Balaban J connectivity index is 1.75. The van der Waals surface area contributed by atoms with E-state index in [1.165, 1.54) is 25.3 Å². The van der Waals surface area contributed by atoms with Gasteiger partial charge in [-0.05, 0) is 73.0 Å². The summed E-state index contributed by atoms with van der Waals surface area (Å²) in [6.07, 6.45) is 1.45. The number of carboxylic acid groups (broad SMARTS) is 1. The van der Waals surface area contributed by atoms with Gasteiger partial charge in [0, 0.05) is 5.69 Å². The predicted octanol–water partition coefficient (Wildman–Crippen LogP) is 4.73. The third kappa shape index (κ3) is 6.02. The minimum Gasteiger partial charge on any atom is -0.493 e. The Morgan fingerprint density at radius 3 is 2.42 bits per heavy atom. The number of amides is 1. The Morgan fingerprint density at radius 2 is 1.82 bits per heavy atom. The lowest BCUT2D eigenvalue weighted by Crippen LogP contribution is -2.13. The molecule has 1 amide bonds. The first kappa shape index (κ1) is 23.2. The molecule has 3 aromatic rings. The summed E-state index contributed by atoms with van der Waals surface area (Å²) in [6.45, 7) is 3.85. The van der Waals surface area contributed by atoms with Crippen LogP contribution in [-0.2, 0) is 11.4 Å². The number of aromatic carboxylic acids is 1. The second-order valence-electron chi connectivity index (χ2n) is 7.27. The van der Waals surface area contributed by atoms with Crippen molar-refractivity contribution < 1.29 is 28.6 Å². The van der Waals surface area contributed by atoms with Crippen LogP contribution < -0.4 is 14.8 Å². The van der Waals surface area contributed by atoms with Crippen molar-refractivity contribution in [3.8, 4) is 17.6 Å². The Morgan fingerprint density at radius 1 is 1.09 bits per heavy atom. The normalized spacial score (nSPS) is 10.9. The van der Waals surface area contributed by atoms with Crippen LogP contribution >= 0.6 is 0 Å². The van der Waals surface area contributed by atoms with E-state index in [9.17, 15) is 14.9 Å². The number of hydrogen-bond donors (Lipinski definition) is 2. The Labute approximate surface area is 190 Å². The van der Waals surface area contributed by atoms with Crippen molar-refractivity contribution in [3.05, 3.63) is 82.3 Å². The number of carbonyl (C=O) groups excluding carboxylic acids is 1. The number of benzene rings is 2. The van der Waals surface area contributed by atoms with Gasteiger partial charge >= 0.3 is 5.97 Å². The van der Waals surface area contributed by atoms with E-state index in [0.717, 1.165) is 11.1 Å². The molecule has 2 aromatic carbocycles. The zero-order valence-corrected chi connectivity index (χ0v) is 18.3. The fourth-order valence-electron chi connectivity index (χ4n) is 3.17. The summed E-state index contributed by atoms with van der Waals surface area (Å²) in [4.78, 5) is 23.5. The lowest BCUT2D eigenvalue weighted by atomic mass is 10.1. The summed E-state index contributed by atoms with van der Waals surface area (Å²) < 4.78 is 16.2. The highest BCUT2D eigenvalue weighted by atomic mass is 16.5. The van der Waals surface area contributed by atoms with Crippen LogP contribution in [0.25, 0.3) is 6.08 Å². The second kappa shape index (κ2) is 10.2. The van der Waals surface area contributed by atoms with Crippen LogP contribution in [0.4, 0.5) is 5.69 Å². The van der Waals surface area contributed by atoms with Gasteiger partial charge in [0.15, 0.2) is 11.5 Å². The molecule has 0 fully saturated rings. The van der Waals surface area contributed by atoms with Gasteiger partial charge in [-0.3, -0.25) is 4.79 Å². The first-order chi connectivity index (χ1) is 15.8. The molecule has 0 saturated heterocycles. The predicted molar refractivity (Wildman–Crippen MR) is 121 cm³/mol. The monoisotopic (exact) mass is 446 g/mol. The number of nitriles is 1. The van der Waals surface area contributed by atoms with Gasteiger partial charge in [-0.15, -0.1) is 0 Å². The summed E-state index contributed by atoms with van der Waals surface area (Å²) in [5.41, 5.74) is 3.12. The molecular weight excluding hydrogens is 424 g/mol. The molecule has 0 spiro atoms. The number of methoxy groups -OCH3 is 1. The average Bonchev–Trinajstić information content (AvgIpc) is 3.25. The summed E-state index contributed by atoms with van der Waals surface area (Å²) in [6, 6.07) is 15.4. The number of nitrogens with one attached hydrogen (secondary N) is 1. The third-order valence-corrected chi connectivity index (χ3v) is 4.59. The van der Waals surface area contributed by atoms with Crippen molar-refractivity contribution in [1.29, 1.82) is 5.26 Å². The summed E-state index contributed by atoms with van der Waals surface area (Å²) in [7, 11) is 1.46. The van der Waals surface area contributed by atoms with Crippen LogP contribution in [0.1, 0.15) is 33.0 Å². The molecule has 3 rings (SSSR count). The van der Waals surface area contributed by atoms with Gasteiger partial charge in [-0.1, -0.05) is 12.1 Å². The number of hydrogen-bond acceptors (Lipinski definition) is 6. The van der Waals surface area contributed by atoms with Gasteiger partial charge in [-0.2, -0.15) is 5.26 Å². The van der Waals surface area contributed by atoms with E-state index in [1.54, 1.807) is 18.2 Å². The Bertz CT molecular complexity index is 1250. The van der Waals surface area contributed by atoms with Gasteiger partial charge in [0.1, 0.15) is 24.0 Å². The smallest absolute Gasteiger partial charge is 0.371 e. The highest BCUT2D eigenvalue weighted by Crippen LogP contribution is 2.30. The van der Waals surface area contributed by atoms with Gasteiger partial charge in [0.25, 0.3) is 5.91 Å². The molecule has 33 heavy (non-hydrogen) atoms. The molecule has 0 bridgehead atoms. The zero-order valence-electron chi connectivity index (χ0n) is 18.3. The van der Waals surface area contributed by atoms with Crippen molar-refractivity contribution >= 4 is 23.6 Å².